The summed E-state index contributed by atoms with van der Waals surface area (Å²) < 4.78 is 32.3. The Labute approximate surface area is 138 Å². The summed E-state index contributed by atoms with van der Waals surface area (Å²) in [5.41, 5.74) is 0.518. The van der Waals surface area contributed by atoms with Gasteiger partial charge in [0.15, 0.2) is 16.8 Å². The maximum atomic E-state index is 13.3. The van der Waals surface area contributed by atoms with E-state index in [1.165, 1.54) is 11.3 Å². The van der Waals surface area contributed by atoms with Crippen molar-refractivity contribution >= 4 is 44.2 Å². The zero-order valence-corrected chi connectivity index (χ0v) is 13.3. The molecular formula is C15H9ClF2N2O2S. The molecule has 1 N–H and O–H groups in total. The first-order valence-corrected chi connectivity index (χ1v) is 7.58. The molecule has 0 saturated heterocycles. The number of rotatable bonds is 3. The molecule has 0 saturated carbocycles. The van der Waals surface area contributed by atoms with Crippen LogP contribution in [0.3, 0.4) is 0 Å². The summed E-state index contributed by atoms with van der Waals surface area (Å²) in [4.78, 5) is 16.4. The van der Waals surface area contributed by atoms with Crippen molar-refractivity contribution < 1.29 is 18.3 Å². The Morgan fingerprint density at radius 2 is 2.00 bits per heavy atom. The highest BCUT2D eigenvalue weighted by molar-refractivity contribution is 7.22. The van der Waals surface area contributed by atoms with Gasteiger partial charge in [0.25, 0.3) is 5.91 Å². The van der Waals surface area contributed by atoms with E-state index in [4.69, 9.17) is 16.3 Å². The van der Waals surface area contributed by atoms with Gasteiger partial charge in [-0.15, -0.1) is 0 Å². The number of thiazole rings is 1. The molecule has 0 aliphatic heterocycles. The second-order valence-corrected chi connectivity index (χ2v) is 5.99. The number of fused-ring (bicyclic) bond motifs is 1. The molecule has 1 aromatic heterocycles. The van der Waals surface area contributed by atoms with Gasteiger partial charge in [0.1, 0.15) is 5.75 Å². The molecule has 0 aliphatic rings. The van der Waals surface area contributed by atoms with Gasteiger partial charge in [-0.3, -0.25) is 10.1 Å². The highest BCUT2D eigenvalue weighted by atomic mass is 35.5. The first-order chi connectivity index (χ1) is 11.0. The van der Waals surface area contributed by atoms with Crippen LogP contribution >= 0.6 is 22.9 Å². The van der Waals surface area contributed by atoms with E-state index in [0.717, 1.165) is 16.8 Å². The summed E-state index contributed by atoms with van der Waals surface area (Å²) in [7, 11) is 1.55. The zero-order chi connectivity index (χ0) is 16.6. The Hall–Kier alpha value is -2.25. The highest BCUT2D eigenvalue weighted by Gasteiger charge is 2.16. The standard InChI is InChI=1S/C15H9ClF2N2O2S/c1-22-7-2-3-12-13(4-7)23-15(19-12)20-14(21)8-5-10(17)11(18)6-9(8)16/h2-6H,1H3,(H,19,20,21). The second kappa shape index (κ2) is 6.10. The number of carbonyl (C=O) groups is 1. The summed E-state index contributed by atoms with van der Waals surface area (Å²) >= 11 is 7.01. The van der Waals surface area contributed by atoms with E-state index in [-0.39, 0.29) is 10.6 Å². The number of aromatic nitrogens is 1. The number of ether oxygens (including phenoxy) is 1. The third-order valence-corrected chi connectivity index (χ3v) is 4.32. The maximum Gasteiger partial charge on any atom is 0.259 e. The summed E-state index contributed by atoms with van der Waals surface area (Å²) in [6.07, 6.45) is 0. The Morgan fingerprint density at radius 3 is 2.74 bits per heavy atom. The number of methoxy groups -OCH3 is 1. The molecule has 3 aromatic rings. The molecule has 0 spiro atoms. The molecule has 0 fully saturated rings. The number of carbonyl (C=O) groups excluding carboxylic acids is 1. The Balaban J connectivity index is 1.89. The molecule has 2 aromatic carbocycles. The molecule has 0 unspecified atom stereocenters. The van der Waals surface area contributed by atoms with E-state index in [9.17, 15) is 13.6 Å². The minimum absolute atomic E-state index is 0.164. The number of nitrogens with zero attached hydrogens (tertiary/aromatic N) is 1. The number of halogens is 3. The van der Waals surface area contributed by atoms with Crippen molar-refractivity contribution in [1.82, 2.24) is 4.98 Å². The van der Waals surface area contributed by atoms with Crippen LogP contribution in [0.15, 0.2) is 30.3 Å². The van der Waals surface area contributed by atoms with E-state index < -0.39 is 17.5 Å². The minimum atomic E-state index is -1.14. The molecule has 0 bridgehead atoms. The second-order valence-electron chi connectivity index (χ2n) is 4.55. The average Bonchev–Trinajstić information content (AvgIpc) is 2.91. The lowest BCUT2D eigenvalue weighted by atomic mass is 10.2. The molecule has 1 amide bonds. The third kappa shape index (κ3) is 3.11. The fraction of sp³-hybridized carbons (Fsp3) is 0.0667. The smallest absolute Gasteiger partial charge is 0.259 e. The number of benzene rings is 2. The Morgan fingerprint density at radius 1 is 1.26 bits per heavy atom. The van der Waals surface area contributed by atoms with E-state index in [0.29, 0.717) is 16.4 Å². The monoisotopic (exact) mass is 354 g/mol. The lowest BCUT2D eigenvalue weighted by Crippen LogP contribution is -2.13. The molecule has 8 heteroatoms. The average molecular weight is 355 g/mol. The number of hydrogen-bond acceptors (Lipinski definition) is 4. The van der Waals surface area contributed by atoms with Crippen LogP contribution in [0.5, 0.6) is 5.75 Å². The van der Waals surface area contributed by atoms with E-state index in [1.807, 2.05) is 0 Å². The van der Waals surface area contributed by atoms with Crippen LogP contribution in [0.2, 0.25) is 5.02 Å². The van der Waals surface area contributed by atoms with Crippen molar-refractivity contribution in [2.45, 2.75) is 0 Å². The third-order valence-electron chi connectivity index (χ3n) is 3.07. The number of nitrogens with one attached hydrogen (secondary N) is 1. The van der Waals surface area contributed by atoms with Crippen molar-refractivity contribution in [3.8, 4) is 5.75 Å². The van der Waals surface area contributed by atoms with Gasteiger partial charge in [-0.25, -0.2) is 13.8 Å². The number of anilines is 1. The fourth-order valence-electron chi connectivity index (χ4n) is 1.95. The molecule has 0 radical (unpaired) electrons. The van der Waals surface area contributed by atoms with Gasteiger partial charge in [0.05, 0.1) is 27.9 Å². The topological polar surface area (TPSA) is 51.2 Å². The zero-order valence-electron chi connectivity index (χ0n) is 11.7. The molecular weight excluding hydrogens is 346 g/mol. The van der Waals surface area contributed by atoms with Crippen molar-refractivity contribution in [2.24, 2.45) is 0 Å². The van der Waals surface area contributed by atoms with Crippen LogP contribution in [-0.2, 0) is 0 Å². The largest absolute Gasteiger partial charge is 0.497 e. The highest BCUT2D eigenvalue weighted by Crippen LogP contribution is 2.30. The van der Waals surface area contributed by atoms with E-state index >= 15 is 0 Å². The normalized spacial score (nSPS) is 10.8. The van der Waals surface area contributed by atoms with Crippen LogP contribution in [-0.4, -0.2) is 18.0 Å². The van der Waals surface area contributed by atoms with Crippen LogP contribution in [0.1, 0.15) is 10.4 Å². The number of amides is 1. The fourth-order valence-corrected chi connectivity index (χ4v) is 3.07. The summed E-state index contributed by atoms with van der Waals surface area (Å²) in [6.45, 7) is 0. The van der Waals surface area contributed by atoms with Gasteiger partial charge in [0.2, 0.25) is 0 Å². The molecule has 1 heterocycles. The summed E-state index contributed by atoms with van der Waals surface area (Å²) in [5, 5.41) is 2.67. The van der Waals surface area contributed by atoms with Gasteiger partial charge in [0, 0.05) is 0 Å². The van der Waals surface area contributed by atoms with Gasteiger partial charge in [-0.2, -0.15) is 0 Å². The lowest BCUT2D eigenvalue weighted by Gasteiger charge is -2.04. The van der Waals surface area contributed by atoms with E-state index in [1.54, 1.807) is 25.3 Å². The maximum absolute atomic E-state index is 13.3. The van der Waals surface area contributed by atoms with Crippen LogP contribution < -0.4 is 10.1 Å². The van der Waals surface area contributed by atoms with Crippen molar-refractivity contribution in [3.63, 3.8) is 0 Å². The van der Waals surface area contributed by atoms with Crippen LogP contribution in [0.4, 0.5) is 13.9 Å². The van der Waals surface area contributed by atoms with Crippen molar-refractivity contribution in [3.05, 3.63) is 52.6 Å². The Kier molecular flexibility index (Phi) is 4.14. The minimum Gasteiger partial charge on any atom is -0.497 e. The van der Waals surface area contributed by atoms with Gasteiger partial charge < -0.3 is 4.74 Å². The van der Waals surface area contributed by atoms with Crippen molar-refractivity contribution in [1.29, 1.82) is 0 Å². The quantitative estimate of drug-likeness (QED) is 0.705. The molecule has 23 heavy (non-hydrogen) atoms. The first kappa shape index (κ1) is 15.6. The first-order valence-electron chi connectivity index (χ1n) is 6.38. The van der Waals surface area contributed by atoms with Crippen molar-refractivity contribution in [2.75, 3.05) is 12.4 Å². The predicted octanol–water partition coefficient (Wildman–Crippen LogP) is 4.49. The van der Waals surface area contributed by atoms with E-state index in [2.05, 4.69) is 10.3 Å². The van der Waals surface area contributed by atoms with Crippen LogP contribution in [0.25, 0.3) is 10.2 Å². The summed E-state index contributed by atoms with van der Waals surface area (Å²) in [6, 6.07) is 6.80. The van der Waals surface area contributed by atoms with Gasteiger partial charge >= 0.3 is 0 Å². The van der Waals surface area contributed by atoms with Gasteiger partial charge in [-0.1, -0.05) is 22.9 Å². The lowest BCUT2D eigenvalue weighted by molar-refractivity contribution is 0.102. The molecule has 4 nitrogen and oxygen atoms in total. The van der Waals surface area contributed by atoms with Gasteiger partial charge in [-0.05, 0) is 30.3 Å². The molecule has 3 rings (SSSR count). The molecule has 0 aliphatic carbocycles. The molecule has 118 valence electrons. The molecule has 0 atom stereocenters. The SMILES string of the molecule is COc1ccc2nc(NC(=O)c3cc(F)c(F)cc3Cl)sc2c1. The Bertz CT molecular complexity index is 914. The predicted molar refractivity (Wildman–Crippen MR) is 85.5 cm³/mol. The summed E-state index contributed by atoms with van der Waals surface area (Å²) in [5.74, 6) is -2.25. The number of hydrogen-bond donors (Lipinski definition) is 1. The van der Waals surface area contributed by atoms with Crippen LogP contribution in [0, 0.1) is 11.6 Å².